The van der Waals surface area contributed by atoms with Crippen LogP contribution in [-0.4, -0.2) is 29.9 Å². The zero-order valence-electron chi connectivity index (χ0n) is 16.0. The van der Waals surface area contributed by atoms with E-state index < -0.39 is 0 Å². The lowest BCUT2D eigenvalue weighted by Crippen LogP contribution is -2.29. The summed E-state index contributed by atoms with van der Waals surface area (Å²) in [5, 5.41) is 8.49. The first-order valence-electron chi connectivity index (χ1n) is 9.93. The molecule has 0 saturated carbocycles. The second-order valence-corrected chi connectivity index (χ2v) is 7.56. The van der Waals surface area contributed by atoms with Gasteiger partial charge in [-0.2, -0.15) is 0 Å². The van der Waals surface area contributed by atoms with E-state index in [9.17, 15) is 9.59 Å². The first-order valence-corrected chi connectivity index (χ1v) is 9.93. The van der Waals surface area contributed by atoms with E-state index in [1.165, 1.54) is 37.9 Å². The molecule has 2 heterocycles. The number of urea groups is 1. The van der Waals surface area contributed by atoms with Gasteiger partial charge in [0.05, 0.1) is 6.42 Å². The van der Waals surface area contributed by atoms with Crippen molar-refractivity contribution in [1.82, 2.24) is 10.2 Å². The number of hydrogen-bond acceptors (Lipinski definition) is 3. The van der Waals surface area contributed by atoms with Crippen LogP contribution in [-0.2, 0) is 24.3 Å². The van der Waals surface area contributed by atoms with E-state index in [4.69, 9.17) is 0 Å². The van der Waals surface area contributed by atoms with Crippen LogP contribution in [0.1, 0.15) is 36.0 Å². The fourth-order valence-electron chi connectivity index (χ4n) is 3.80. The number of benzene rings is 2. The second kappa shape index (κ2) is 8.44. The normalized spacial score (nSPS) is 16.4. The lowest BCUT2D eigenvalue weighted by molar-refractivity contribution is -0.115. The zero-order chi connectivity index (χ0) is 19.3. The Balaban J connectivity index is 1.25. The van der Waals surface area contributed by atoms with Crippen LogP contribution in [0.3, 0.4) is 0 Å². The number of amides is 3. The third-order valence-corrected chi connectivity index (χ3v) is 5.32. The molecule has 3 amide bonds. The summed E-state index contributed by atoms with van der Waals surface area (Å²) in [5.41, 5.74) is 4.80. The third-order valence-electron chi connectivity index (χ3n) is 5.32. The first-order chi connectivity index (χ1) is 13.7. The van der Waals surface area contributed by atoms with Crippen molar-refractivity contribution in [3.63, 3.8) is 0 Å². The van der Waals surface area contributed by atoms with Crippen LogP contribution in [0.25, 0.3) is 0 Å². The van der Waals surface area contributed by atoms with Gasteiger partial charge in [-0.1, -0.05) is 30.7 Å². The van der Waals surface area contributed by atoms with Gasteiger partial charge in [-0.05, 0) is 60.8 Å². The van der Waals surface area contributed by atoms with Gasteiger partial charge in [0.15, 0.2) is 0 Å². The molecule has 0 unspecified atom stereocenters. The van der Waals surface area contributed by atoms with Gasteiger partial charge >= 0.3 is 6.03 Å². The molecule has 0 atom stereocenters. The minimum atomic E-state index is -0.255. The molecule has 0 bridgehead atoms. The fraction of sp³-hybridized carbons (Fsp3) is 0.364. The molecule has 0 spiro atoms. The summed E-state index contributed by atoms with van der Waals surface area (Å²) in [5.74, 6) is -0.0136. The van der Waals surface area contributed by atoms with Crippen molar-refractivity contribution < 1.29 is 9.59 Å². The number of rotatable bonds is 5. The summed E-state index contributed by atoms with van der Waals surface area (Å²) in [4.78, 5) is 26.1. The van der Waals surface area contributed by atoms with Crippen molar-refractivity contribution in [3.8, 4) is 0 Å². The van der Waals surface area contributed by atoms with E-state index >= 15 is 0 Å². The minimum Gasteiger partial charge on any atom is -0.334 e. The highest BCUT2D eigenvalue weighted by Crippen LogP contribution is 2.25. The first kappa shape index (κ1) is 18.5. The lowest BCUT2D eigenvalue weighted by Gasteiger charge is -2.26. The maximum atomic E-state index is 12.2. The van der Waals surface area contributed by atoms with Gasteiger partial charge in [-0.15, -0.1) is 0 Å². The average Bonchev–Trinajstić information content (AvgIpc) is 3.07. The summed E-state index contributed by atoms with van der Waals surface area (Å²) in [6.45, 7) is 3.86. The number of piperidine rings is 1. The number of anilines is 2. The summed E-state index contributed by atoms with van der Waals surface area (Å²) in [6, 6.07) is 13.6. The Morgan fingerprint density at radius 2 is 1.75 bits per heavy atom. The molecule has 6 heteroatoms. The Hall–Kier alpha value is -2.86. The van der Waals surface area contributed by atoms with Crippen molar-refractivity contribution >= 4 is 23.3 Å². The number of nitrogens with one attached hydrogen (secondary N) is 3. The zero-order valence-corrected chi connectivity index (χ0v) is 16.0. The van der Waals surface area contributed by atoms with Gasteiger partial charge in [0, 0.05) is 24.5 Å². The number of likely N-dealkylation sites (tertiary alicyclic amines) is 1. The van der Waals surface area contributed by atoms with Crippen LogP contribution < -0.4 is 16.0 Å². The van der Waals surface area contributed by atoms with Crippen molar-refractivity contribution in [2.24, 2.45) is 0 Å². The van der Waals surface area contributed by atoms with Crippen molar-refractivity contribution in [2.75, 3.05) is 23.7 Å². The highest BCUT2D eigenvalue weighted by atomic mass is 16.2. The van der Waals surface area contributed by atoms with Gasteiger partial charge in [0.1, 0.15) is 0 Å². The molecule has 146 valence electrons. The molecular weight excluding hydrogens is 352 g/mol. The van der Waals surface area contributed by atoms with Gasteiger partial charge in [-0.3, -0.25) is 9.69 Å². The molecule has 1 fully saturated rings. The van der Waals surface area contributed by atoms with E-state index in [0.29, 0.717) is 18.7 Å². The van der Waals surface area contributed by atoms with E-state index in [-0.39, 0.29) is 11.9 Å². The monoisotopic (exact) mass is 378 g/mol. The van der Waals surface area contributed by atoms with Crippen LogP contribution in [0.2, 0.25) is 0 Å². The maximum absolute atomic E-state index is 12.2. The van der Waals surface area contributed by atoms with Crippen LogP contribution in [0.5, 0.6) is 0 Å². The van der Waals surface area contributed by atoms with Gasteiger partial charge in [0.2, 0.25) is 5.91 Å². The predicted molar refractivity (Wildman–Crippen MR) is 110 cm³/mol. The fourth-order valence-corrected chi connectivity index (χ4v) is 3.80. The molecule has 2 aliphatic rings. The lowest BCUT2D eigenvalue weighted by atomic mass is 10.1. The smallest absolute Gasteiger partial charge is 0.319 e. The number of nitrogens with zero attached hydrogens (tertiary/aromatic N) is 1. The Bertz CT molecular complexity index is 857. The van der Waals surface area contributed by atoms with Crippen molar-refractivity contribution in [3.05, 3.63) is 59.2 Å². The molecular formula is C22H26N4O2. The molecule has 0 aromatic heterocycles. The maximum Gasteiger partial charge on any atom is 0.319 e. The summed E-state index contributed by atoms with van der Waals surface area (Å²) in [7, 11) is 0. The Morgan fingerprint density at radius 1 is 1.00 bits per heavy atom. The van der Waals surface area contributed by atoms with E-state index in [1.807, 2.05) is 12.1 Å². The molecule has 6 nitrogen and oxygen atoms in total. The van der Waals surface area contributed by atoms with Gasteiger partial charge in [-0.25, -0.2) is 4.79 Å². The molecule has 3 N–H and O–H groups in total. The standard InChI is InChI=1S/C22H26N4O2/c27-21-13-18-12-19(8-9-20(18)25-21)24-22(28)23-14-16-4-6-17(7-5-16)15-26-10-2-1-3-11-26/h4-9,12H,1-3,10-11,13-15H2,(H,25,27)(H2,23,24,28). The van der Waals surface area contributed by atoms with Crippen LogP contribution in [0, 0.1) is 0 Å². The molecule has 2 aromatic rings. The highest BCUT2D eigenvalue weighted by molar-refractivity contribution is 6.00. The quantitative estimate of drug-likeness (QED) is 0.746. The van der Waals surface area contributed by atoms with Gasteiger partial charge in [0.25, 0.3) is 0 Å². The topological polar surface area (TPSA) is 73.5 Å². The summed E-state index contributed by atoms with van der Waals surface area (Å²) in [6.07, 6.45) is 4.31. The molecule has 2 aromatic carbocycles. The molecule has 0 radical (unpaired) electrons. The summed E-state index contributed by atoms with van der Waals surface area (Å²) < 4.78 is 0. The third kappa shape index (κ3) is 4.70. The minimum absolute atomic E-state index is 0.0136. The second-order valence-electron chi connectivity index (χ2n) is 7.56. The molecule has 0 aliphatic carbocycles. The van der Waals surface area contributed by atoms with Gasteiger partial charge < -0.3 is 16.0 Å². The number of hydrogen-bond donors (Lipinski definition) is 3. The van der Waals surface area contributed by atoms with Crippen LogP contribution in [0.15, 0.2) is 42.5 Å². The van der Waals surface area contributed by atoms with Crippen LogP contribution >= 0.6 is 0 Å². The van der Waals surface area contributed by atoms with E-state index in [0.717, 1.165) is 23.4 Å². The Labute approximate surface area is 165 Å². The largest absolute Gasteiger partial charge is 0.334 e. The average molecular weight is 378 g/mol. The molecule has 28 heavy (non-hydrogen) atoms. The van der Waals surface area contributed by atoms with Crippen molar-refractivity contribution in [1.29, 1.82) is 0 Å². The Kier molecular flexibility index (Phi) is 5.58. The van der Waals surface area contributed by atoms with E-state index in [2.05, 4.69) is 45.1 Å². The predicted octanol–water partition coefficient (Wildman–Crippen LogP) is 3.49. The highest BCUT2D eigenvalue weighted by Gasteiger charge is 2.17. The van der Waals surface area contributed by atoms with Crippen molar-refractivity contribution in [2.45, 2.75) is 38.8 Å². The van der Waals surface area contributed by atoms with E-state index in [1.54, 1.807) is 6.07 Å². The number of carbonyl (C=O) groups is 2. The molecule has 2 aliphatic heterocycles. The summed E-state index contributed by atoms with van der Waals surface area (Å²) >= 11 is 0. The van der Waals surface area contributed by atoms with Crippen LogP contribution in [0.4, 0.5) is 16.2 Å². The molecule has 1 saturated heterocycles. The SMILES string of the molecule is O=C1Cc2cc(NC(=O)NCc3ccc(CN4CCCCC4)cc3)ccc2N1. The number of fused-ring (bicyclic) bond motifs is 1. The number of carbonyl (C=O) groups excluding carboxylic acids is 2. The Morgan fingerprint density at radius 3 is 2.54 bits per heavy atom. The molecule has 4 rings (SSSR count).